The van der Waals surface area contributed by atoms with Gasteiger partial charge in [-0.25, -0.2) is 4.98 Å². The molecule has 17 heavy (non-hydrogen) atoms. The highest BCUT2D eigenvalue weighted by Crippen LogP contribution is 2.40. The number of allylic oxidation sites excluding steroid dienone is 1. The number of hydrogen-bond acceptors (Lipinski definition) is 3. The standard InChI is InChI=1S/C13H21N3S/c1-3-8-16-12(14)11(5-4-9-17-2)15-13(16)10-6-7-10/h3,10H,1,4-9,14H2,2H3. The van der Waals surface area contributed by atoms with Gasteiger partial charge in [-0.1, -0.05) is 6.08 Å². The number of anilines is 1. The van der Waals surface area contributed by atoms with E-state index in [0.29, 0.717) is 5.92 Å². The largest absolute Gasteiger partial charge is 0.384 e. The van der Waals surface area contributed by atoms with Crippen molar-refractivity contribution in [1.29, 1.82) is 0 Å². The summed E-state index contributed by atoms with van der Waals surface area (Å²) in [6.45, 7) is 4.58. The number of hydrogen-bond donors (Lipinski definition) is 1. The second-order valence-corrected chi connectivity index (χ2v) is 5.56. The molecule has 1 fully saturated rings. The molecule has 0 spiro atoms. The first-order valence-corrected chi connectivity index (χ1v) is 7.62. The SMILES string of the molecule is C=CCn1c(C2CC2)nc(CCCSC)c1N. The van der Waals surface area contributed by atoms with Gasteiger partial charge in [-0.05, 0) is 37.7 Å². The molecule has 1 aromatic rings. The summed E-state index contributed by atoms with van der Waals surface area (Å²) in [6.07, 6.45) is 8.71. The van der Waals surface area contributed by atoms with Crippen LogP contribution in [0.2, 0.25) is 0 Å². The summed E-state index contributed by atoms with van der Waals surface area (Å²) in [6, 6.07) is 0. The van der Waals surface area contributed by atoms with Crippen LogP contribution in [-0.2, 0) is 13.0 Å². The Kier molecular flexibility index (Phi) is 4.15. The lowest BCUT2D eigenvalue weighted by Gasteiger charge is -2.05. The third-order valence-electron chi connectivity index (χ3n) is 3.13. The van der Waals surface area contributed by atoms with Crippen molar-refractivity contribution >= 4 is 17.6 Å². The molecule has 2 N–H and O–H groups in total. The van der Waals surface area contributed by atoms with E-state index in [0.717, 1.165) is 30.9 Å². The normalized spacial score (nSPS) is 15.1. The first-order chi connectivity index (χ1) is 8.27. The Labute approximate surface area is 107 Å². The number of aromatic nitrogens is 2. The minimum atomic E-state index is 0.645. The zero-order chi connectivity index (χ0) is 12.3. The molecular formula is C13H21N3S. The summed E-state index contributed by atoms with van der Waals surface area (Å²) in [5, 5.41) is 0. The Morgan fingerprint density at radius 3 is 2.94 bits per heavy atom. The third kappa shape index (κ3) is 2.86. The molecule has 1 aliphatic carbocycles. The van der Waals surface area contributed by atoms with Gasteiger partial charge in [0.25, 0.3) is 0 Å². The molecule has 0 atom stereocenters. The van der Waals surface area contributed by atoms with Crippen molar-refractivity contribution in [2.24, 2.45) is 0 Å². The number of nitrogens with zero attached hydrogens (tertiary/aromatic N) is 2. The lowest BCUT2D eigenvalue weighted by Crippen LogP contribution is -2.05. The summed E-state index contributed by atoms with van der Waals surface area (Å²) in [5.74, 6) is 3.85. The van der Waals surface area contributed by atoms with Gasteiger partial charge in [0.15, 0.2) is 0 Å². The Bertz CT molecular complexity index is 394. The molecule has 0 aromatic carbocycles. The highest BCUT2D eigenvalue weighted by atomic mass is 32.2. The van der Waals surface area contributed by atoms with Gasteiger partial charge in [0, 0.05) is 12.5 Å². The summed E-state index contributed by atoms with van der Waals surface area (Å²) >= 11 is 1.88. The third-order valence-corrected chi connectivity index (χ3v) is 3.83. The number of nitrogens with two attached hydrogens (primary N) is 1. The minimum absolute atomic E-state index is 0.645. The van der Waals surface area contributed by atoms with Gasteiger partial charge >= 0.3 is 0 Å². The Morgan fingerprint density at radius 1 is 1.59 bits per heavy atom. The summed E-state index contributed by atoms with van der Waals surface area (Å²) in [5.41, 5.74) is 7.27. The van der Waals surface area contributed by atoms with Crippen molar-refractivity contribution in [2.45, 2.75) is 38.1 Å². The second-order valence-electron chi connectivity index (χ2n) is 4.57. The van der Waals surface area contributed by atoms with E-state index in [2.05, 4.69) is 17.4 Å². The van der Waals surface area contributed by atoms with Crippen LogP contribution in [-0.4, -0.2) is 21.6 Å². The van der Waals surface area contributed by atoms with Gasteiger partial charge < -0.3 is 10.3 Å². The smallest absolute Gasteiger partial charge is 0.127 e. The van der Waals surface area contributed by atoms with Crippen LogP contribution in [0.15, 0.2) is 12.7 Å². The molecule has 0 saturated heterocycles. The second kappa shape index (κ2) is 5.63. The molecule has 0 amide bonds. The molecule has 0 aliphatic heterocycles. The molecule has 1 aliphatic rings. The molecule has 0 bridgehead atoms. The van der Waals surface area contributed by atoms with Crippen LogP contribution in [0.5, 0.6) is 0 Å². The fourth-order valence-electron chi connectivity index (χ4n) is 2.08. The quantitative estimate of drug-likeness (QED) is 0.598. The van der Waals surface area contributed by atoms with Crippen LogP contribution in [0.1, 0.15) is 36.7 Å². The van der Waals surface area contributed by atoms with Gasteiger partial charge in [-0.15, -0.1) is 6.58 Å². The Hall–Kier alpha value is -0.900. The van der Waals surface area contributed by atoms with E-state index in [1.807, 2.05) is 17.8 Å². The molecular weight excluding hydrogens is 230 g/mol. The van der Waals surface area contributed by atoms with Crippen molar-refractivity contribution in [2.75, 3.05) is 17.7 Å². The number of imidazole rings is 1. The van der Waals surface area contributed by atoms with Crippen molar-refractivity contribution in [1.82, 2.24) is 9.55 Å². The maximum absolute atomic E-state index is 6.18. The van der Waals surface area contributed by atoms with Crippen LogP contribution in [0.4, 0.5) is 5.82 Å². The van der Waals surface area contributed by atoms with E-state index >= 15 is 0 Å². The highest BCUT2D eigenvalue weighted by molar-refractivity contribution is 7.98. The fraction of sp³-hybridized carbons (Fsp3) is 0.615. The topological polar surface area (TPSA) is 43.8 Å². The molecule has 1 saturated carbocycles. The molecule has 0 unspecified atom stereocenters. The predicted octanol–water partition coefficient (Wildman–Crippen LogP) is 2.82. The van der Waals surface area contributed by atoms with Crippen LogP contribution in [0.25, 0.3) is 0 Å². The van der Waals surface area contributed by atoms with Gasteiger partial charge in [-0.2, -0.15) is 11.8 Å². The summed E-state index contributed by atoms with van der Waals surface area (Å²) in [7, 11) is 0. The van der Waals surface area contributed by atoms with Crippen LogP contribution >= 0.6 is 11.8 Å². The lowest BCUT2D eigenvalue weighted by molar-refractivity contribution is 0.750. The molecule has 2 rings (SSSR count). The van der Waals surface area contributed by atoms with E-state index in [1.54, 1.807) is 0 Å². The van der Waals surface area contributed by atoms with Crippen molar-refractivity contribution in [3.63, 3.8) is 0 Å². The maximum atomic E-state index is 6.18. The number of rotatable bonds is 7. The van der Waals surface area contributed by atoms with Crippen LogP contribution in [0, 0.1) is 0 Å². The number of nitrogen functional groups attached to an aromatic ring is 1. The highest BCUT2D eigenvalue weighted by Gasteiger charge is 2.30. The summed E-state index contributed by atoms with van der Waals surface area (Å²) < 4.78 is 2.14. The minimum Gasteiger partial charge on any atom is -0.384 e. The van der Waals surface area contributed by atoms with Gasteiger partial charge in [0.05, 0.1) is 5.69 Å². The monoisotopic (exact) mass is 251 g/mol. The average Bonchev–Trinajstić information content (AvgIpc) is 3.11. The molecule has 1 aromatic heterocycles. The first kappa shape index (κ1) is 12.6. The molecule has 3 nitrogen and oxygen atoms in total. The maximum Gasteiger partial charge on any atom is 0.127 e. The molecule has 94 valence electrons. The first-order valence-electron chi connectivity index (χ1n) is 6.22. The Balaban J connectivity index is 2.15. The van der Waals surface area contributed by atoms with Gasteiger partial charge in [-0.3, -0.25) is 0 Å². The Morgan fingerprint density at radius 2 is 2.35 bits per heavy atom. The van der Waals surface area contributed by atoms with E-state index in [1.165, 1.54) is 24.4 Å². The summed E-state index contributed by atoms with van der Waals surface area (Å²) in [4.78, 5) is 4.74. The average molecular weight is 251 g/mol. The predicted molar refractivity (Wildman–Crippen MR) is 75.5 cm³/mol. The van der Waals surface area contributed by atoms with E-state index < -0.39 is 0 Å². The zero-order valence-electron chi connectivity index (χ0n) is 10.5. The lowest BCUT2D eigenvalue weighted by atomic mass is 10.2. The van der Waals surface area contributed by atoms with Crippen LogP contribution in [0.3, 0.4) is 0 Å². The van der Waals surface area contributed by atoms with E-state index in [4.69, 9.17) is 10.7 Å². The molecule has 1 heterocycles. The van der Waals surface area contributed by atoms with Crippen molar-refractivity contribution < 1.29 is 0 Å². The zero-order valence-corrected chi connectivity index (χ0v) is 11.3. The van der Waals surface area contributed by atoms with E-state index in [9.17, 15) is 0 Å². The molecule has 0 radical (unpaired) electrons. The van der Waals surface area contributed by atoms with Crippen molar-refractivity contribution in [3.05, 3.63) is 24.2 Å². The van der Waals surface area contributed by atoms with Crippen LogP contribution < -0.4 is 5.73 Å². The van der Waals surface area contributed by atoms with Gasteiger partial charge in [0.1, 0.15) is 11.6 Å². The fourth-order valence-corrected chi connectivity index (χ4v) is 2.51. The number of thioether (sulfide) groups is 1. The molecule has 4 heteroatoms. The number of aryl methyl sites for hydroxylation is 1. The van der Waals surface area contributed by atoms with Crippen molar-refractivity contribution in [3.8, 4) is 0 Å². The van der Waals surface area contributed by atoms with Gasteiger partial charge in [0.2, 0.25) is 0 Å². The van der Waals surface area contributed by atoms with E-state index in [-0.39, 0.29) is 0 Å².